The number of hydrogen-bond donors (Lipinski definition) is 0. The van der Waals surface area contributed by atoms with Crippen molar-refractivity contribution >= 4 is 303 Å². The van der Waals surface area contributed by atoms with Crippen molar-refractivity contribution in [3.8, 4) is 19.6 Å². The highest BCUT2D eigenvalue weighted by Gasteiger charge is 2.33. The minimum absolute atomic E-state index is 0.0147. The number of aryl methyl sites for hydroxylation is 2. The molecule has 12 aromatic carbocycles. The predicted octanol–water partition coefficient (Wildman–Crippen LogP) is 30.8. The van der Waals surface area contributed by atoms with Crippen LogP contribution < -0.4 is 0 Å². The summed E-state index contributed by atoms with van der Waals surface area (Å²) in [5.74, 6) is 0.577. The Morgan fingerprint density at radius 1 is 0.340 bits per heavy atom. The van der Waals surface area contributed by atoms with Gasteiger partial charge in [0.15, 0.2) is 57.2 Å². The Balaban J connectivity index is 0.000000114. The normalized spacial score (nSPS) is 11.9. The molecule has 0 fully saturated rings. The molecule has 0 saturated heterocycles. The quantitative estimate of drug-likeness (QED) is 0.115. The Morgan fingerprint density at radius 3 is 1.00 bits per heavy atom. The van der Waals surface area contributed by atoms with Gasteiger partial charge in [-0.1, -0.05) is 74.9 Å². The Kier molecular flexibility index (Phi) is 22.0. The third-order valence-electron chi connectivity index (χ3n) is 16.5. The van der Waals surface area contributed by atoms with Crippen molar-refractivity contribution < 1.29 is 13.2 Å². The molecule has 0 amide bonds. The Bertz CT molecular complexity index is 5360. The van der Waals surface area contributed by atoms with Gasteiger partial charge in [-0.2, -0.15) is 13.2 Å². The van der Waals surface area contributed by atoms with Crippen LogP contribution in [0.15, 0.2) is 243 Å². The maximum Gasteiger partial charge on any atom is 0.416 e. The fourth-order valence-electron chi connectivity index (χ4n) is 11.9. The van der Waals surface area contributed by atoms with Crippen LogP contribution in [0.1, 0.15) is 48.9 Å². The molecular weight excluding hydrogens is 2150 g/mol. The van der Waals surface area contributed by atoms with E-state index in [1.54, 1.807) is 12.1 Å². The van der Waals surface area contributed by atoms with Crippen molar-refractivity contribution in [2.75, 3.05) is 0 Å². The SMILES string of the molecule is CC(C)c1ccc(-[s+]2c3ccc(I)cc3c3cc(I)ccc32)cc1.CCc1ccc(-[s+]2c3ccc(I)cc3c3cc(I)ccc32)cc1.Cc1ccc(-[s+]2c3ccc(I)cc3c3cc(I)ccc32)cc1.FC(F)(F)c1ccc(-[s+]2c3ccccc3c3c(I)c(I)ccc32)cc1. The van der Waals surface area contributed by atoms with Gasteiger partial charge in [0, 0.05) is 114 Å². The first kappa shape index (κ1) is 69.6. The van der Waals surface area contributed by atoms with Gasteiger partial charge in [0.1, 0.15) is 0 Å². The number of rotatable bonds is 6. The molecule has 1 unspecified atom stereocenters. The molecule has 0 aliphatic heterocycles. The largest absolute Gasteiger partial charge is 0.416 e. The molecule has 4 aromatic heterocycles. The van der Waals surface area contributed by atoms with Gasteiger partial charge in [-0.05, 0) is 399 Å². The summed E-state index contributed by atoms with van der Waals surface area (Å²) < 4.78 is 60.0. The van der Waals surface area contributed by atoms with Crippen LogP contribution in [0.5, 0.6) is 0 Å². The summed E-state index contributed by atoms with van der Waals surface area (Å²) in [6, 6.07) is 86.7. The van der Waals surface area contributed by atoms with Crippen LogP contribution in [0.25, 0.3) is 100 Å². The van der Waals surface area contributed by atoms with Crippen molar-refractivity contribution in [2.45, 2.75) is 46.2 Å². The minimum Gasteiger partial charge on any atom is -0.166 e. The van der Waals surface area contributed by atoms with Crippen LogP contribution >= 0.6 is 223 Å². The summed E-state index contributed by atoms with van der Waals surface area (Å²) in [6.07, 6.45) is -3.21. The van der Waals surface area contributed by atoms with Crippen molar-refractivity contribution in [2.24, 2.45) is 0 Å². The number of hydrogen-bond acceptors (Lipinski definition) is 0. The van der Waals surface area contributed by atoms with Crippen LogP contribution in [0, 0.1) is 35.5 Å². The zero-order valence-corrected chi connectivity index (χ0v) is 71.2. The summed E-state index contributed by atoms with van der Waals surface area (Å²) in [7, 11) is -0.301. The van der Waals surface area contributed by atoms with Crippen molar-refractivity contribution in [3.63, 3.8) is 0 Å². The Morgan fingerprint density at radius 2 is 0.649 bits per heavy atom. The molecule has 16 rings (SSSR count). The average molecular weight is 2200 g/mol. The molecule has 4 heterocycles. The molecule has 1 atom stereocenters. The lowest BCUT2D eigenvalue weighted by Gasteiger charge is -2.05. The molecule has 468 valence electrons. The van der Waals surface area contributed by atoms with E-state index >= 15 is 0 Å². The number of thiophene rings is 4. The van der Waals surface area contributed by atoms with E-state index in [0.29, 0.717) is 5.92 Å². The van der Waals surface area contributed by atoms with Crippen LogP contribution in [0.4, 0.5) is 13.2 Å². The van der Waals surface area contributed by atoms with E-state index in [4.69, 9.17) is 0 Å². The lowest BCUT2D eigenvalue weighted by molar-refractivity contribution is -0.137. The maximum absolute atomic E-state index is 12.9. The monoisotopic (exact) mass is 2200 g/mol. The van der Waals surface area contributed by atoms with E-state index in [1.807, 2.05) is 12.1 Å². The summed E-state index contributed by atoms with van der Waals surface area (Å²) in [6.45, 7) is 8.86. The highest BCUT2D eigenvalue weighted by molar-refractivity contribution is 14.1. The van der Waals surface area contributed by atoms with E-state index in [-0.39, 0.29) is 41.9 Å². The number of halogens is 11. The molecule has 0 N–H and O–H groups in total. The molecular formula is C79H55F3I8S4+4. The van der Waals surface area contributed by atoms with Crippen molar-refractivity contribution in [1.82, 2.24) is 0 Å². The third-order valence-corrected chi connectivity index (χ3v) is 32.9. The molecule has 0 aliphatic carbocycles. The second kappa shape index (κ2) is 29.8. The molecule has 0 bridgehead atoms. The van der Waals surface area contributed by atoms with Crippen LogP contribution in [0.3, 0.4) is 0 Å². The molecule has 0 nitrogen and oxygen atoms in total. The zero-order valence-electron chi connectivity index (χ0n) is 50.7. The molecule has 94 heavy (non-hydrogen) atoms. The first-order valence-corrected chi connectivity index (χ1v) is 43.5. The summed E-state index contributed by atoms with van der Waals surface area (Å²) in [4.78, 5) is 5.16. The van der Waals surface area contributed by atoms with Gasteiger partial charge in [-0.15, -0.1) is 0 Å². The fraction of sp³-hybridized carbons (Fsp3) is 0.0886. The lowest BCUT2D eigenvalue weighted by Crippen LogP contribution is -2.03. The predicted molar refractivity (Wildman–Crippen MR) is 476 cm³/mol. The van der Waals surface area contributed by atoms with E-state index in [0.717, 1.165) is 11.3 Å². The molecule has 0 radical (unpaired) electrons. The molecule has 0 aliphatic rings. The summed E-state index contributed by atoms with van der Waals surface area (Å²) in [5, 5.41) is 10.9. The minimum atomic E-state index is -4.31. The van der Waals surface area contributed by atoms with Crippen LogP contribution in [-0.2, 0) is 12.6 Å². The number of benzene rings is 12. The number of fused-ring (bicyclic) bond motifs is 12. The van der Waals surface area contributed by atoms with Crippen LogP contribution in [-0.4, -0.2) is 0 Å². The Labute approximate surface area is 665 Å². The van der Waals surface area contributed by atoms with E-state index in [9.17, 15) is 13.2 Å². The summed E-state index contributed by atoms with van der Waals surface area (Å²) in [5.41, 5.74) is 3.52. The molecule has 16 aromatic rings. The zero-order chi connectivity index (χ0) is 65.9. The second-order valence-electron chi connectivity index (χ2n) is 22.9. The highest BCUT2D eigenvalue weighted by atomic mass is 127. The van der Waals surface area contributed by atoms with Gasteiger partial charge >= 0.3 is 6.18 Å². The van der Waals surface area contributed by atoms with Gasteiger partial charge < -0.3 is 0 Å². The molecule has 0 saturated carbocycles. The smallest absolute Gasteiger partial charge is 0.166 e. The van der Waals surface area contributed by atoms with Gasteiger partial charge in [-0.3, -0.25) is 0 Å². The van der Waals surface area contributed by atoms with Crippen molar-refractivity contribution in [1.29, 1.82) is 0 Å². The standard InChI is InChI=1S/C21H17I2S.C20H15I2S.C19H10F3I2S.C19H13I2S/c1-13(2)14-3-7-17(8-4-14)24-20-9-5-15(22)11-18(20)19-12-16(23)6-10-21(19)24;1-2-13-3-7-16(8-4-13)23-19-9-5-14(21)11-17(19)18-12-15(22)6-10-20(18)23;20-19(21,22)11-5-7-12(8-6-11)25-15-4-2-1-3-13(15)17-16(25)10-9-14(23)18(17)24;1-12-2-6-15(7-3-12)22-18-8-4-13(20)10-16(18)17-11-14(21)5-9-19(17)22/h3-13H,1-2H3;3-12H,2H2,1H3;1-10H;2-11H,1H3/q4*+1. The highest BCUT2D eigenvalue weighted by Crippen LogP contribution is 2.54. The topological polar surface area (TPSA) is 0 Å². The van der Waals surface area contributed by atoms with Gasteiger partial charge in [-0.25, -0.2) is 0 Å². The second-order valence-corrected chi connectivity index (χ2v) is 40.4. The third kappa shape index (κ3) is 14.4. The Hall–Kier alpha value is -2.85. The lowest BCUT2D eigenvalue weighted by atomic mass is 10.0. The van der Waals surface area contributed by atoms with Crippen LogP contribution in [0.2, 0.25) is 0 Å². The van der Waals surface area contributed by atoms with E-state index in [1.165, 1.54) is 153 Å². The van der Waals surface area contributed by atoms with E-state index in [2.05, 4.69) is 415 Å². The van der Waals surface area contributed by atoms with Gasteiger partial charge in [0.25, 0.3) is 0 Å². The average Bonchev–Trinajstić information content (AvgIpc) is 1.68. The summed E-state index contributed by atoms with van der Waals surface area (Å²) >= 11 is 19.2. The van der Waals surface area contributed by atoms with Gasteiger partial charge in [0.2, 0.25) is 0 Å². The van der Waals surface area contributed by atoms with Crippen molar-refractivity contribution in [3.05, 3.63) is 293 Å². The molecule has 15 heteroatoms. The molecule has 0 spiro atoms. The van der Waals surface area contributed by atoms with E-state index < -0.39 is 11.7 Å². The maximum atomic E-state index is 12.9. The van der Waals surface area contributed by atoms with Gasteiger partial charge in [0.05, 0.1) is 10.9 Å². The number of alkyl halides is 3. The first-order valence-electron chi connectivity index (χ1n) is 30.0. The fourth-order valence-corrected chi connectivity index (χ4v) is 25.7. The first-order chi connectivity index (χ1) is 45.2.